The molecule has 0 N–H and O–H groups in total. The first kappa shape index (κ1) is 11.9. The van der Waals surface area contributed by atoms with Gasteiger partial charge in [0, 0.05) is 23.5 Å². The molecule has 3 heteroatoms. The number of pyridine rings is 2. The largest absolute Gasteiger partial charge is 0.492 e. The highest BCUT2D eigenvalue weighted by Crippen LogP contribution is 2.32. The van der Waals surface area contributed by atoms with Gasteiger partial charge in [0.15, 0.2) is 0 Å². The maximum Gasteiger partial charge on any atom is 0.140 e. The molecule has 3 heterocycles. The fourth-order valence-electron chi connectivity index (χ4n) is 3.27. The first-order valence-electron chi connectivity index (χ1n) is 7.45. The summed E-state index contributed by atoms with van der Waals surface area (Å²) in [4.78, 5) is 9.39. The number of rotatable bonds is 1. The molecule has 1 aliphatic carbocycles. The Hall–Kier alpha value is -1.90. The standard InChI is InChI=1S/C17H18N2O/c1-3-12-5-6-13(11-16(12)18-9-1)14-7-8-17-15(19-14)4-2-10-20-17/h1,3,7-9,13H,2,4-6,10-11H2. The van der Waals surface area contributed by atoms with E-state index in [1.165, 1.54) is 23.4 Å². The quantitative estimate of drug-likeness (QED) is 0.795. The second kappa shape index (κ2) is 4.89. The molecule has 1 unspecified atom stereocenters. The van der Waals surface area contributed by atoms with Crippen LogP contribution in [0.4, 0.5) is 0 Å². The minimum absolute atomic E-state index is 0.504. The van der Waals surface area contributed by atoms with Crippen molar-refractivity contribution in [2.75, 3.05) is 6.61 Å². The summed E-state index contributed by atoms with van der Waals surface area (Å²) in [7, 11) is 0. The fourth-order valence-corrected chi connectivity index (χ4v) is 3.27. The minimum Gasteiger partial charge on any atom is -0.492 e. The molecular weight excluding hydrogens is 248 g/mol. The SMILES string of the molecule is c1cnc2c(c1)CCC(c1ccc3c(n1)CCCO3)C2. The average Bonchev–Trinajstić information content (AvgIpc) is 2.54. The Balaban J connectivity index is 1.63. The number of fused-ring (bicyclic) bond motifs is 2. The van der Waals surface area contributed by atoms with Crippen molar-refractivity contribution in [2.45, 2.75) is 38.0 Å². The molecule has 2 aromatic heterocycles. The average molecular weight is 266 g/mol. The topological polar surface area (TPSA) is 35.0 Å². The molecule has 0 aromatic carbocycles. The van der Waals surface area contributed by atoms with Crippen LogP contribution in [-0.4, -0.2) is 16.6 Å². The van der Waals surface area contributed by atoms with Crippen LogP contribution in [0.25, 0.3) is 0 Å². The molecule has 0 saturated carbocycles. The Labute approximate surface area is 119 Å². The van der Waals surface area contributed by atoms with E-state index < -0.39 is 0 Å². The van der Waals surface area contributed by atoms with Gasteiger partial charge in [-0.15, -0.1) is 0 Å². The third-order valence-corrected chi connectivity index (χ3v) is 4.37. The maximum absolute atomic E-state index is 5.65. The van der Waals surface area contributed by atoms with E-state index in [0.29, 0.717) is 5.92 Å². The van der Waals surface area contributed by atoms with Crippen LogP contribution in [0.1, 0.15) is 41.4 Å². The fraction of sp³-hybridized carbons (Fsp3) is 0.412. The van der Waals surface area contributed by atoms with E-state index in [1.807, 2.05) is 12.3 Å². The van der Waals surface area contributed by atoms with Gasteiger partial charge in [0.1, 0.15) is 5.75 Å². The van der Waals surface area contributed by atoms with Gasteiger partial charge >= 0.3 is 0 Å². The van der Waals surface area contributed by atoms with Gasteiger partial charge in [0.05, 0.1) is 12.3 Å². The molecule has 0 fully saturated rings. The second-order valence-electron chi connectivity index (χ2n) is 5.68. The number of nitrogens with zero attached hydrogens (tertiary/aromatic N) is 2. The molecule has 2 aliphatic rings. The van der Waals surface area contributed by atoms with E-state index in [2.05, 4.69) is 23.2 Å². The molecule has 0 spiro atoms. The van der Waals surface area contributed by atoms with Crippen molar-refractivity contribution in [3.8, 4) is 5.75 Å². The van der Waals surface area contributed by atoms with E-state index >= 15 is 0 Å². The van der Waals surface area contributed by atoms with Crippen LogP contribution in [0.3, 0.4) is 0 Å². The van der Waals surface area contributed by atoms with Crippen LogP contribution in [-0.2, 0) is 19.3 Å². The zero-order valence-electron chi connectivity index (χ0n) is 11.5. The molecule has 0 bridgehead atoms. The highest BCUT2D eigenvalue weighted by molar-refractivity contribution is 5.34. The minimum atomic E-state index is 0.504. The van der Waals surface area contributed by atoms with Gasteiger partial charge in [-0.05, 0) is 55.9 Å². The smallest absolute Gasteiger partial charge is 0.140 e. The number of hydrogen-bond acceptors (Lipinski definition) is 3. The van der Waals surface area contributed by atoms with Gasteiger partial charge < -0.3 is 4.74 Å². The first-order valence-corrected chi connectivity index (χ1v) is 7.45. The molecule has 4 rings (SSSR count). The summed E-state index contributed by atoms with van der Waals surface area (Å²) in [5.74, 6) is 1.49. The molecule has 0 amide bonds. The van der Waals surface area contributed by atoms with E-state index in [9.17, 15) is 0 Å². The molecule has 1 aliphatic heterocycles. The van der Waals surface area contributed by atoms with Gasteiger partial charge in [-0.2, -0.15) is 0 Å². The van der Waals surface area contributed by atoms with Gasteiger partial charge in [-0.1, -0.05) is 6.07 Å². The lowest BCUT2D eigenvalue weighted by Gasteiger charge is -2.25. The summed E-state index contributed by atoms with van der Waals surface area (Å²) in [5, 5.41) is 0. The molecule has 3 nitrogen and oxygen atoms in total. The van der Waals surface area contributed by atoms with Crippen molar-refractivity contribution in [3.05, 3.63) is 53.1 Å². The van der Waals surface area contributed by atoms with Crippen LogP contribution < -0.4 is 4.74 Å². The maximum atomic E-state index is 5.65. The van der Waals surface area contributed by atoms with Crippen LogP contribution >= 0.6 is 0 Å². The molecule has 1 atom stereocenters. The van der Waals surface area contributed by atoms with Crippen molar-refractivity contribution >= 4 is 0 Å². The van der Waals surface area contributed by atoms with Crippen molar-refractivity contribution in [1.82, 2.24) is 9.97 Å². The third kappa shape index (κ3) is 2.07. The number of hydrogen-bond donors (Lipinski definition) is 0. The van der Waals surface area contributed by atoms with Crippen molar-refractivity contribution in [2.24, 2.45) is 0 Å². The Morgan fingerprint density at radius 2 is 2.10 bits per heavy atom. The molecule has 0 saturated heterocycles. The Morgan fingerprint density at radius 3 is 3.10 bits per heavy atom. The molecule has 20 heavy (non-hydrogen) atoms. The summed E-state index contributed by atoms with van der Waals surface area (Å²) < 4.78 is 5.65. The van der Waals surface area contributed by atoms with E-state index in [1.54, 1.807) is 0 Å². The summed E-state index contributed by atoms with van der Waals surface area (Å²) in [6, 6.07) is 8.48. The van der Waals surface area contributed by atoms with Crippen LogP contribution in [0.5, 0.6) is 5.75 Å². The summed E-state index contributed by atoms with van der Waals surface area (Å²) in [6.07, 6.45) is 7.33. The van der Waals surface area contributed by atoms with Gasteiger partial charge in [0.25, 0.3) is 0 Å². The van der Waals surface area contributed by atoms with E-state index in [-0.39, 0.29) is 0 Å². The number of aromatic nitrogens is 2. The summed E-state index contributed by atoms with van der Waals surface area (Å²) in [6.45, 7) is 0.828. The van der Waals surface area contributed by atoms with Crippen molar-refractivity contribution in [3.63, 3.8) is 0 Å². The molecular formula is C17H18N2O. The molecule has 0 radical (unpaired) electrons. The van der Waals surface area contributed by atoms with Crippen molar-refractivity contribution < 1.29 is 4.74 Å². The Kier molecular flexibility index (Phi) is 2.91. The predicted molar refractivity (Wildman–Crippen MR) is 77.1 cm³/mol. The Morgan fingerprint density at radius 1 is 1.10 bits per heavy atom. The van der Waals surface area contributed by atoms with Crippen LogP contribution in [0, 0.1) is 0 Å². The first-order chi connectivity index (χ1) is 9.90. The number of aryl methyl sites for hydroxylation is 2. The lowest BCUT2D eigenvalue weighted by molar-refractivity contribution is 0.284. The monoisotopic (exact) mass is 266 g/mol. The highest BCUT2D eigenvalue weighted by Gasteiger charge is 2.23. The summed E-state index contributed by atoms with van der Waals surface area (Å²) >= 11 is 0. The van der Waals surface area contributed by atoms with E-state index in [4.69, 9.17) is 9.72 Å². The highest BCUT2D eigenvalue weighted by atomic mass is 16.5. The van der Waals surface area contributed by atoms with Crippen LogP contribution in [0.2, 0.25) is 0 Å². The normalized spacial score (nSPS) is 20.7. The zero-order chi connectivity index (χ0) is 13.4. The molecule has 102 valence electrons. The Bertz CT molecular complexity index is 639. The van der Waals surface area contributed by atoms with Crippen LogP contribution in [0.15, 0.2) is 30.5 Å². The predicted octanol–water partition coefficient (Wildman–Crippen LogP) is 3.07. The lowest BCUT2D eigenvalue weighted by atomic mass is 9.84. The van der Waals surface area contributed by atoms with Crippen molar-refractivity contribution in [1.29, 1.82) is 0 Å². The van der Waals surface area contributed by atoms with Gasteiger partial charge in [-0.3, -0.25) is 9.97 Å². The summed E-state index contributed by atoms with van der Waals surface area (Å²) in [5.41, 5.74) is 5.01. The third-order valence-electron chi connectivity index (χ3n) is 4.37. The zero-order valence-corrected chi connectivity index (χ0v) is 11.5. The van der Waals surface area contributed by atoms with Gasteiger partial charge in [-0.25, -0.2) is 0 Å². The molecule has 2 aromatic rings. The lowest BCUT2D eigenvalue weighted by Crippen LogP contribution is -2.17. The number of ether oxygens (including phenoxy) is 1. The second-order valence-corrected chi connectivity index (χ2v) is 5.68. The van der Waals surface area contributed by atoms with Gasteiger partial charge in [0.2, 0.25) is 0 Å². The van der Waals surface area contributed by atoms with E-state index in [0.717, 1.165) is 43.7 Å².